The van der Waals surface area contributed by atoms with Crippen LogP contribution in [0.15, 0.2) is 70.8 Å². The van der Waals surface area contributed by atoms with Gasteiger partial charge in [-0.2, -0.15) is 5.10 Å². The molecule has 0 atom stereocenters. The van der Waals surface area contributed by atoms with Crippen molar-refractivity contribution in [2.45, 2.75) is 6.42 Å². The third kappa shape index (κ3) is 7.39. The van der Waals surface area contributed by atoms with Crippen LogP contribution in [0.4, 0.5) is 0 Å². The molecule has 0 radical (unpaired) electrons. The molecule has 4 nitrogen and oxygen atoms in total. The Kier molecular flexibility index (Phi) is 9.08. The molecule has 1 heterocycles. The minimum absolute atomic E-state index is 0. The predicted molar refractivity (Wildman–Crippen MR) is 124 cm³/mol. The van der Waals surface area contributed by atoms with Gasteiger partial charge in [-0.25, -0.2) is 5.43 Å². The zero-order chi connectivity index (χ0) is 18.9. The molecule has 2 N–H and O–H groups in total. The molecule has 1 aliphatic heterocycles. The average Bonchev–Trinajstić information content (AvgIpc) is 2.70. The van der Waals surface area contributed by atoms with Crippen molar-refractivity contribution in [2.75, 3.05) is 13.1 Å². The normalized spacial score (nSPS) is 13.6. The van der Waals surface area contributed by atoms with E-state index >= 15 is 0 Å². The predicted octanol–water partition coefficient (Wildman–Crippen LogP) is 5.44. The third-order valence-electron chi connectivity index (χ3n) is 3.82. The topological polar surface area (TPSA) is 48.8 Å². The molecular formula is C21H21Cl3N4. The molecule has 28 heavy (non-hydrogen) atoms. The monoisotopic (exact) mass is 434 g/mol. The largest absolute Gasteiger partial charge is 0.355 e. The first-order chi connectivity index (χ1) is 13.2. The molecule has 146 valence electrons. The molecule has 2 aromatic rings. The second-order valence-electron chi connectivity index (χ2n) is 5.93. The fourth-order valence-corrected chi connectivity index (χ4v) is 2.62. The number of benzene rings is 2. The van der Waals surface area contributed by atoms with E-state index < -0.39 is 0 Å². The number of hydrazone groups is 1. The Hall–Kier alpha value is -2.27. The van der Waals surface area contributed by atoms with Crippen LogP contribution >= 0.6 is 35.6 Å². The molecule has 0 bridgehead atoms. The van der Waals surface area contributed by atoms with Crippen molar-refractivity contribution >= 4 is 59.4 Å². The molecule has 0 fully saturated rings. The van der Waals surface area contributed by atoms with Crippen molar-refractivity contribution in [2.24, 2.45) is 10.1 Å². The van der Waals surface area contributed by atoms with Gasteiger partial charge in [0.05, 0.1) is 5.71 Å². The van der Waals surface area contributed by atoms with Gasteiger partial charge in [0.25, 0.3) is 0 Å². The Morgan fingerprint density at radius 2 is 1.46 bits per heavy atom. The van der Waals surface area contributed by atoms with E-state index in [1.54, 1.807) is 0 Å². The standard InChI is InChI=1S/C21H20Cl2N4.ClH/c22-18-8-2-16(3-9-18)6-12-20(26-27-21-24-14-1-15-25-21)13-7-17-4-10-19(23)11-5-17;/h2-13H,1,14-15H2,(H2,24,25,27);1H/b12-6+,13-7+;. The van der Waals surface area contributed by atoms with Crippen molar-refractivity contribution in [3.63, 3.8) is 0 Å². The lowest BCUT2D eigenvalue weighted by Gasteiger charge is -2.13. The second-order valence-corrected chi connectivity index (χ2v) is 6.80. The van der Waals surface area contributed by atoms with Gasteiger partial charge < -0.3 is 5.32 Å². The fourth-order valence-electron chi connectivity index (χ4n) is 2.37. The Morgan fingerprint density at radius 1 is 0.929 bits per heavy atom. The van der Waals surface area contributed by atoms with Gasteiger partial charge in [-0.15, -0.1) is 12.4 Å². The molecule has 1 aliphatic rings. The summed E-state index contributed by atoms with van der Waals surface area (Å²) in [4.78, 5) is 4.37. The number of nitrogens with zero attached hydrogens (tertiary/aromatic N) is 2. The van der Waals surface area contributed by atoms with E-state index in [0.29, 0.717) is 16.0 Å². The molecule has 0 spiro atoms. The fraction of sp³-hybridized carbons (Fsp3) is 0.143. The maximum absolute atomic E-state index is 5.94. The molecule has 0 saturated heterocycles. The molecule has 3 rings (SSSR count). The maximum Gasteiger partial charge on any atom is 0.212 e. The van der Waals surface area contributed by atoms with Crippen molar-refractivity contribution < 1.29 is 0 Å². The van der Waals surface area contributed by atoms with Crippen molar-refractivity contribution in [1.29, 1.82) is 0 Å². The van der Waals surface area contributed by atoms with E-state index in [1.807, 2.05) is 72.8 Å². The summed E-state index contributed by atoms with van der Waals surface area (Å²) in [5, 5.41) is 9.08. The van der Waals surface area contributed by atoms with E-state index in [1.165, 1.54) is 0 Å². The lowest BCUT2D eigenvalue weighted by atomic mass is 10.1. The summed E-state index contributed by atoms with van der Waals surface area (Å²) in [5.74, 6) is 0.693. The Labute approximate surface area is 181 Å². The first-order valence-electron chi connectivity index (χ1n) is 8.68. The van der Waals surface area contributed by atoms with Gasteiger partial charge in [-0.05, 0) is 54.0 Å². The van der Waals surface area contributed by atoms with Crippen LogP contribution in [-0.2, 0) is 0 Å². The summed E-state index contributed by atoms with van der Waals surface area (Å²) in [7, 11) is 0. The number of halogens is 3. The quantitative estimate of drug-likeness (QED) is 0.485. The van der Waals surface area contributed by atoms with Gasteiger partial charge in [0, 0.05) is 23.1 Å². The van der Waals surface area contributed by atoms with Crippen LogP contribution in [-0.4, -0.2) is 24.8 Å². The molecule has 0 aliphatic carbocycles. The highest BCUT2D eigenvalue weighted by molar-refractivity contribution is 6.30. The van der Waals surface area contributed by atoms with Crippen LogP contribution in [0.5, 0.6) is 0 Å². The molecule has 0 amide bonds. The van der Waals surface area contributed by atoms with Gasteiger partial charge >= 0.3 is 0 Å². The Morgan fingerprint density at radius 3 is 1.93 bits per heavy atom. The summed E-state index contributed by atoms with van der Waals surface area (Å²) in [6.07, 6.45) is 8.88. The van der Waals surface area contributed by atoms with E-state index in [-0.39, 0.29) is 12.4 Å². The number of rotatable bonds is 5. The summed E-state index contributed by atoms with van der Waals surface area (Å²) in [6, 6.07) is 15.3. The van der Waals surface area contributed by atoms with E-state index in [0.717, 1.165) is 36.3 Å². The number of hydrogen-bond acceptors (Lipinski definition) is 4. The average molecular weight is 436 g/mol. The van der Waals surface area contributed by atoms with Gasteiger partial charge in [0.15, 0.2) is 0 Å². The van der Waals surface area contributed by atoms with Crippen molar-refractivity contribution in [1.82, 2.24) is 10.7 Å². The van der Waals surface area contributed by atoms with Crippen LogP contribution < -0.4 is 10.7 Å². The van der Waals surface area contributed by atoms with Crippen LogP contribution in [0.1, 0.15) is 17.5 Å². The number of nitrogens with one attached hydrogen (secondary N) is 2. The van der Waals surface area contributed by atoms with E-state index in [2.05, 4.69) is 20.8 Å². The van der Waals surface area contributed by atoms with Gasteiger partial charge in [0.1, 0.15) is 0 Å². The molecular weight excluding hydrogens is 415 g/mol. The molecule has 0 aromatic heterocycles. The second kappa shape index (κ2) is 11.5. The lowest BCUT2D eigenvalue weighted by molar-refractivity contribution is 0.711. The first kappa shape index (κ1) is 22.0. The van der Waals surface area contributed by atoms with Gasteiger partial charge in [0.2, 0.25) is 5.96 Å². The molecule has 0 unspecified atom stereocenters. The minimum Gasteiger partial charge on any atom is -0.355 e. The molecule has 0 saturated carbocycles. The summed E-state index contributed by atoms with van der Waals surface area (Å²) < 4.78 is 0. The first-order valence-corrected chi connectivity index (χ1v) is 9.44. The van der Waals surface area contributed by atoms with Crippen molar-refractivity contribution in [3.8, 4) is 0 Å². The highest BCUT2D eigenvalue weighted by Crippen LogP contribution is 2.12. The van der Waals surface area contributed by atoms with Crippen molar-refractivity contribution in [3.05, 3.63) is 81.9 Å². The van der Waals surface area contributed by atoms with Crippen LogP contribution in [0.2, 0.25) is 10.0 Å². The minimum atomic E-state index is 0. The third-order valence-corrected chi connectivity index (χ3v) is 4.33. The van der Waals surface area contributed by atoms with Crippen LogP contribution in [0.3, 0.4) is 0 Å². The van der Waals surface area contributed by atoms with Crippen LogP contribution in [0, 0.1) is 0 Å². The molecule has 7 heteroatoms. The maximum atomic E-state index is 5.94. The number of aliphatic imine (C=N–C) groups is 1. The Balaban J connectivity index is 0.00000280. The zero-order valence-electron chi connectivity index (χ0n) is 15.1. The van der Waals surface area contributed by atoms with Gasteiger partial charge in [-0.1, -0.05) is 59.6 Å². The zero-order valence-corrected chi connectivity index (χ0v) is 17.4. The van der Waals surface area contributed by atoms with E-state index in [4.69, 9.17) is 23.2 Å². The molecule has 2 aromatic carbocycles. The summed E-state index contributed by atoms with van der Waals surface area (Å²) in [6.45, 7) is 1.71. The number of guanidine groups is 1. The summed E-state index contributed by atoms with van der Waals surface area (Å²) >= 11 is 11.9. The number of allylic oxidation sites excluding steroid dienone is 2. The lowest BCUT2D eigenvalue weighted by Crippen LogP contribution is -2.38. The highest BCUT2D eigenvalue weighted by Gasteiger charge is 2.01. The highest BCUT2D eigenvalue weighted by atomic mass is 35.5. The van der Waals surface area contributed by atoms with Gasteiger partial charge in [-0.3, -0.25) is 4.99 Å². The SMILES string of the molecule is Cl.Clc1ccc(/C=C/C(/C=C/c2ccc(Cl)cc2)=NNC2=NCCCN2)cc1. The number of hydrogen-bond donors (Lipinski definition) is 2. The smallest absolute Gasteiger partial charge is 0.212 e. The van der Waals surface area contributed by atoms with E-state index in [9.17, 15) is 0 Å². The van der Waals surface area contributed by atoms with Crippen LogP contribution in [0.25, 0.3) is 12.2 Å². The summed E-state index contributed by atoms with van der Waals surface area (Å²) in [5.41, 5.74) is 5.84. The Bertz CT molecular complexity index is 812.